The van der Waals surface area contributed by atoms with Crippen LogP contribution in [0, 0.1) is 0 Å². The van der Waals surface area contributed by atoms with Gasteiger partial charge >= 0.3 is 6.03 Å². The Morgan fingerprint density at radius 2 is 1.31 bits per heavy atom. The van der Waals surface area contributed by atoms with Crippen molar-refractivity contribution >= 4 is 23.5 Å². The number of carbonyl (C=O) groups excluding carboxylic acids is 3. The number of imide groups is 1. The molecule has 0 aromatic heterocycles. The van der Waals surface area contributed by atoms with Gasteiger partial charge in [0, 0.05) is 11.3 Å². The van der Waals surface area contributed by atoms with Crippen molar-refractivity contribution in [1.82, 2.24) is 10.2 Å². The number of nitrogens with one attached hydrogen (secondary N) is 2. The van der Waals surface area contributed by atoms with E-state index in [-0.39, 0.29) is 18.4 Å². The van der Waals surface area contributed by atoms with Gasteiger partial charge in [-0.3, -0.25) is 14.5 Å². The monoisotopic (exact) mass is 461 g/mol. The smallest absolute Gasteiger partial charge is 0.322 e. The summed E-state index contributed by atoms with van der Waals surface area (Å²) in [6, 6.07) is 34.1. The maximum atomic E-state index is 13.9. The predicted octanol–water partition coefficient (Wildman–Crippen LogP) is 4.93. The number of anilines is 1. The fraction of sp³-hybridized carbons (Fsp3) is 0.0690. The molecule has 0 atom stereocenters. The molecule has 1 heterocycles. The van der Waals surface area contributed by atoms with E-state index < -0.39 is 11.6 Å². The topological polar surface area (TPSA) is 78.5 Å². The zero-order valence-electron chi connectivity index (χ0n) is 18.8. The highest BCUT2D eigenvalue weighted by molar-refractivity contribution is 6.09. The Morgan fingerprint density at radius 1 is 0.743 bits per heavy atom. The molecule has 35 heavy (non-hydrogen) atoms. The van der Waals surface area contributed by atoms with Crippen molar-refractivity contribution in [2.45, 2.75) is 12.1 Å². The summed E-state index contributed by atoms with van der Waals surface area (Å²) in [6.07, 6.45) is 0. The van der Waals surface area contributed by atoms with Crippen molar-refractivity contribution < 1.29 is 14.4 Å². The lowest BCUT2D eigenvalue weighted by molar-refractivity contribution is -0.130. The minimum Gasteiger partial charge on any atom is -0.322 e. The first-order valence-electron chi connectivity index (χ1n) is 11.3. The zero-order chi connectivity index (χ0) is 24.3. The Labute approximate surface area is 203 Å². The van der Waals surface area contributed by atoms with Gasteiger partial charge in [0.05, 0.1) is 6.54 Å². The number of benzene rings is 4. The number of urea groups is 1. The molecule has 0 radical (unpaired) electrons. The average molecular weight is 462 g/mol. The first-order chi connectivity index (χ1) is 17.1. The number of hydrogen-bond donors (Lipinski definition) is 2. The second kappa shape index (κ2) is 9.27. The number of hydrogen-bond acceptors (Lipinski definition) is 3. The van der Waals surface area contributed by atoms with Gasteiger partial charge in [0.15, 0.2) is 5.54 Å². The molecule has 1 aliphatic rings. The third kappa shape index (κ3) is 4.17. The van der Waals surface area contributed by atoms with Crippen molar-refractivity contribution in [2.24, 2.45) is 0 Å². The molecule has 4 aromatic carbocycles. The van der Waals surface area contributed by atoms with E-state index in [1.807, 2.05) is 91.0 Å². The summed E-state index contributed by atoms with van der Waals surface area (Å²) < 4.78 is 0. The van der Waals surface area contributed by atoms with Crippen LogP contribution in [0.2, 0.25) is 0 Å². The molecule has 0 unspecified atom stereocenters. The standard InChI is InChI=1S/C29H23N3O3/c33-26(30-25-17-8-3-9-18-25)22-12-10-11-21(19-22)20-32-27(34)29(31-28(32)35,23-13-4-1-5-14-23)24-15-6-2-7-16-24/h1-19H,20H2,(H,30,33)(H,31,35). The summed E-state index contributed by atoms with van der Waals surface area (Å²) in [7, 11) is 0. The number of rotatable bonds is 6. The van der Waals surface area contributed by atoms with Gasteiger partial charge in [-0.15, -0.1) is 0 Å². The molecule has 1 saturated heterocycles. The molecule has 5 rings (SSSR count). The fourth-order valence-electron chi connectivity index (χ4n) is 4.37. The van der Waals surface area contributed by atoms with Gasteiger partial charge < -0.3 is 10.6 Å². The van der Waals surface area contributed by atoms with Gasteiger partial charge in [-0.25, -0.2) is 4.79 Å². The van der Waals surface area contributed by atoms with E-state index in [4.69, 9.17) is 0 Å². The van der Waals surface area contributed by atoms with Crippen LogP contribution in [-0.4, -0.2) is 22.7 Å². The van der Waals surface area contributed by atoms with Gasteiger partial charge in [0.25, 0.3) is 11.8 Å². The predicted molar refractivity (Wildman–Crippen MR) is 134 cm³/mol. The Kier molecular flexibility index (Phi) is 5.85. The van der Waals surface area contributed by atoms with E-state index in [1.54, 1.807) is 24.3 Å². The molecule has 0 saturated carbocycles. The van der Waals surface area contributed by atoms with E-state index in [0.29, 0.717) is 27.9 Å². The maximum absolute atomic E-state index is 13.9. The molecule has 1 aliphatic heterocycles. The van der Waals surface area contributed by atoms with E-state index >= 15 is 0 Å². The third-order valence-corrected chi connectivity index (χ3v) is 6.08. The highest BCUT2D eigenvalue weighted by atomic mass is 16.2. The molecule has 4 amide bonds. The lowest BCUT2D eigenvalue weighted by Crippen LogP contribution is -2.45. The Bertz CT molecular complexity index is 1330. The summed E-state index contributed by atoms with van der Waals surface area (Å²) in [6.45, 7) is 0.0402. The highest BCUT2D eigenvalue weighted by Crippen LogP contribution is 2.36. The zero-order valence-corrected chi connectivity index (χ0v) is 18.8. The minimum atomic E-state index is -1.32. The van der Waals surface area contributed by atoms with Gasteiger partial charge in [-0.05, 0) is 41.0 Å². The summed E-state index contributed by atoms with van der Waals surface area (Å²) in [5.74, 6) is -0.628. The Hall–Kier alpha value is -4.71. The van der Waals surface area contributed by atoms with Crippen LogP contribution in [0.3, 0.4) is 0 Å². The van der Waals surface area contributed by atoms with E-state index in [2.05, 4.69) is 10.6 Å². The number of carbonyl (C=O) groups is 3. The Morgan fingerprint density at radius 3 is 1.91 bits per heavy atom. The number of nitrogens with zero attached hydrogens (tertiary/aromatic N) is 1. The summed E-state index contributed by atoms with van der Waals surface area (Å²) in [5, 5.41) is 5.80. The molecule has 6 nitrogen and oxygen atoms in total. The van der Waals surface area contributed by atoms with Crippen LogP contribution in [0.25, 0.3) is 0 Å². The molecule has 4 aromatic rings. The third-order valence-electron chi connectivity index (χ3n) is 6.08. The van der Waals surface area contributed by atoms with Crippen LogP contribution < -0.4 is 10.6 Å². The maximum Gasteiger partial charge on any atom is 0.325 e. The lowest BCUT2D eigenvalue weighted by atomic mass is 9.82. The van der Waals surface area contributed by atoms with Crippen LogP contribution in [-0.2, 0) is 16.9 Å². The summed E-state index contributed by atoms with van der Waals surface area (Å²) in [4.78, 5) is 40.9. The van der Waals surface area contributed by atoms with E-state index in [9.17, 15) is 14.4 Å². The van der Waals surface area contributed by atoms with Gasteiger partial charge in [-0.2, -0.15) is 0 Å². The molecular weight excluding hydrogens is 438 g/mol. The first-order valence-corrected chi connectivity index (χ1v) is 11.3. The molecule has 6 heteroatoms. The SMILES string of the molecule is O=C(Nc1ccccc1)c1cccc(CN2C(=O)NC(c3ccccc3)(c3ccccc3)C2=O)c1. The van der Waals surface area contributed by atoms with Crippen LogP contribution in [0.5, 0.6) is 0 Å². The largest absolute Gasteiger partial charge is 0.325 e. The quantitative estimate of drug-likeness (QED) is 0.400. The van der Waals surface area contributed by atoms with Crippen molar-refractivity contribution in [3.05, 3.63) is 138 Å². The molecule has 2 N–H and O–H groups in total. The summed E-state index contributed by atoms with van der Waals surface area (Å²) in [5.41, 5.74) is 1.85. The fourth-order valence-corrected chi connectivity index (χ4v) is 4.37. The van der Waals surface area contributed by atoms with Crippen LogP contribution in [0.4, 0.5) is 10.5 Å². The van der Waals surface area contributed by atoms with Gasteiger partial charge in [0.2, 0.25) is 0 Å². The van der Waals surface area contributed by atoms with Crippen molar-refractivity contribution in [2.75, 3.05) is 5.32 Å². The van der Waals surface area contributed by atoms with E-state index in [1.165, 1.54) is 4.90 Å². The number of para-hydroxylation sites is 1. The van der Waals surface area contributed by atoms with E-state index in [0.717, 1.165) is 0 Å². The molecule has 1 fully saturated rings. The van der Waals surface area contributed by atoms with Crippen LogP contribution >= 0.6 is 0 Å². The second-order valence-corrected chi connectivity index (χ2v) is 8.32. The Balaban J connectivity index is 1.44. The molecular formula is C29H23N3O3. The van der Waals surface area contributed by atoms with Crippen molar-refractivity contribution in [3.8, 4) is 0 Å². The minimum absolute atomic E-state index is 0.0402. The second-order valence-electron chi connectivity index (χ2n) is 8.32. The average Bonchev–Trinajstić information content (AvgIpc) is 3.16. The normalized spacial score (nSPS) is 14.5. The molecule has 0 aliphatic carbocycles. The highest BCUT2D eigenvalue weighted by Gasteiger charge is 2.53. The summed E-state index contributed by atoms with van der Waals surface area (Å²) >= 11 is 0. The molecule has 0 bridgehead atoms. The van der Waals surface area contributed by atoms with Crippen LogP contribution in [0.15, 0.2) is 115 Å². The van der Waals surface area contributed by atoms with Gasteiger partial charge in [0.1, 0.15) is 0 Å². The first kappa shape index (κ1) is 22.1. The van der Waals surface area contributed by atoms with Crippen molar-refractivity contribution in [1.29, 1.82) is 0 Å². The molecule has 172 valence electrons. The van der Waals surface area contributed by atoms with Gasteiger partial charge in [-0.1, -0.05) is 91.0 Å². The van der Waals surface area contributed by atoms with Crippen molar-refractivity contribution in [3.63, 3.8) is 0 Å². The number of amides is 4. The van der Waals surface area contributed by atoms with Crippen LogP contribution in [0.1, 0.15) is 27.0 Å². The lowest BCUT2D eigenvalue weighted by Gasteiger charge is -2.28. The molecule has 0 spiro atoms.